The Kier molecular flexibility index (Phi) is 9.98. The highest BCUT2D eigenvalue weighted by Gasteiger charge is 2.20. The van der Waals surface area contributed by atoms with E-state index < -0.39 is 0 Å². The lowest BCUT2D eigenvalue weighted by atomic mass is 10.2. The molecule has 2 aromatic rings. The van der Waals surface area contributed by atoms with E-state index in [0.29, 0.717) is 10.7 Å². The Morgan fingerprint density at radius 1 is 0.938 bits per heavy atom. The predicted molar refractivity (Wildman–Crippen MR) is 134 cm³/mol. The highest BCUT2D eigenvalue weighted by molar-refractivity contribution is 7.80. The zero-order valence-corrected chi connectivity index (χ0v) is 19.9. The van der Waals surface area contributed by atoms with Crippen LogP contribution in [0.4, 0.5) is 0 Å². The number of nitrogens with one attached hydrogen (secondary N) is 1. The first-order chi connectivity index (χ1) is 15.7. The minimum atomic E-state index is -0.173. The average molecular weight is 454 g/mol. The Hall–Kier alpha value is -2.44. The van der Waals surface area contributed by atoms with Crippen molar-refractivity contribution in [3.63, 3.8) is 0 Å². The quantitative estimate of drug-likeness (QED) is 0.411. The van der Waals surface area contributed by atoms with E-state index in [2.05, 4.69) is 46.3 Å². The SMILES string of the molecule is CCCCCCCOc1ccc(C(=O)NC(=S)N2CCN(Cc3ccccc3)CC2)cc1. The lowest BCUT2D eigenvalue weighted by molar-refractivity contribution is 0.0969. The average Bonchev–Trinajstić information content (AvgIpc) is 2.83. The number of benzene rings is 2. The number of rotatable bonds is 10. The van der Waals surface area contributed by atoms with E-state index in [1.165, 1.54) is 31.2 Å². The molecule has 1 fully saturated rings. The zero-order valence-electron chi connectivity index (χ0n) is 19.1. The lowest BCUT2D eigenvalue weighted by Gasteiger charge is -2.36. The molecule has 1 saturated heterocycles. The number of thiocarbonyl (C=S) groups is 1. The normalized spacial score (nSPS) is 14.2. The molecule has 172 valence electrons. The summed E-state index contributed by atoms with van der Waals surface area (Å²) in [5.41, 5.74) is 1.91. The summed E-state index contributed by atoms with van der Waals surface area (Å²) in [4.78, 5) is 17.1. The van der Waals surface area contributed by atoms with E-state index in [1.807, 2.05) is 18.2 Å². The molecule has 6 heteroatoms. The molecule has 1 amide bonds. The summed E-state index contributed by atoms with van der Waals surface area (Å²) >= 11 is 5.50. The van der Waals surface area contributed by atoms with Crippen molar-refractivity contribution in [1.29, 1.82) is 0 Å². The number of carbonyl (C=O) groups is 1. The van der Waals surface area contributed by atoms with E-state index in [9.17, 15) is 4.79 Å². The van der Waals surface area contributed by atoms with Crippen LogP contribution in [0, 0.1) is 0 Å². The van der Waals surface area contributed by atoms with E-state index in [-0.39, 0.29) is 5.91 Å². The van der Waals surface area contributed by atoms with Gasteiger partial charge in [0, 0.05) is 38.3 Å². The monoisotopic (exact) mass is 453 g/mol. The molecule has 0 bridgehead atoms. The summed E-state index contributed by atoms with van der Waals surface area (Å²) < 4.78 is 5.78. The maximum Gasteiger partial charge on any atom is 0.257 e. The first kappa shape index (κ1) is 24.2. The van der Waals surface area contributed by atoms with Gasteiger partial charge in [-0.25, -0.2) is 0 Å². The molecule has 0 unspecified atom stereocenters. The number of nitrogens with zero attached hydrogens (tertiary/aromatic N) is 2. The van der Waals surface area contributed by atoms with Gasteiger partial charge in [-0.15, -0.1) is 0 Å². The minimum Gasteiger partial charge on any atom is -0.494 e. The second kappa shape index (κ2) is 13.2. The molecule has 32 heavy (non-hydrogen) atoms. The zero-order chi connectivity index (χ0) is 22.6. The summed E-state index contributed by atoms with van der Waals surface area (Å²) in [6.45, 7) is 7.36. The molecule has 1 aliphatic rings. The number of piperazine rings is 1. The van der Waals surface area contributed by atoms with Crippen LogP contribution in [0.1, 0.15) is 54.9 Å². The van der Waals surface area contributed by atoms with Crippen LogP contribution < -0.4 is 10.1 Å². The van der Waals surface area contributed by atoms with Gasteiger partial charge in [-0.3, -0.25) is 15.0 Å². The van der Waals surface area contributed by atoms with Gasteiger partial charge in [0.2, 0.25) is 0 Å². The highest BCUT2D eigenvalue weighted by atomic mass is 32.1. The molecular weight excluding hydrogens is 418 g/mol. The molecule has 0 spiro atoms. The van der Waals surface area contributed by atoms with Gasteiger partial charge in [-0.05, 0) is 48.5 Å². The topological polar surface area (TPSA) is 44.8 Å². The first-order valence-electron chi connectivity index (χ1n) is 11.7. The van der Waals surface area contributed by atoms with Crippen molar-refractivity contribution in [2.75, 3.05) is 32.8 Å². The van der Waals surface area contributed by atoms with Gasteiger partial charge >= 0.3 is 0 Å². The molecule has 1 N–H and O–H groups in total. The minimum absolute atomic E-state index is 0.173. The fraction of sp³-hybridized carbons (Fsp3) is 0.462. The van der Waals surface area contributed by atoms with E-state index >= 15 is 0 Å². The molecule has 1 heterocycles. The molecule has 3 rings (SSSR count). The van der Waals surface area contributed by atoms with Crippen LogP contribution >= 0.6 is 12.2 Å². The van der Waals surface area contributed by atoms with Crippen LogP contribution in [-0.2, 0) is 6.54 Å². The number of unbranched alkanes of at least 4 members (excludes halogenated alkanes) is 4. The Morgan fingerprint density at radius 2 is 1.62 bits per heavy atom. The van der Waals surface area contributed by atoms with Crippen LogP contribution in [0.25, 0.3) is 0 Å². The van der Waals surface area contributed by atoms with Gasteiger partial charge in [-0.2, -0.15) is 0 Å². The summed E-state index contributed by atoms with van der Waals surface area (Å²) in [5.74, 6) is 0.627. The second-order valence-electron chi connectivity index (χ2n) is 8.30. The predicted octanol–water partition coefficient (Wildman–Crippen LogP) is 4.87. The van der Waals surface area contributed by atoms with Crippen molar-refractivity contribution in [2.24, 2.45) is 0 Å². The van der Waals surface area contributed by atoms with Crippen molar-refractivity contribution in [3.8, 4) is 5.75 Å². The van der Waals surface area contributed by atoms with Gasteiger partial charge in [0.05, 0.1) is 6.61 Å². The molecule has 0 aromatic heterocycles. The van der Waals surface area contributed by atoms with Crippen molar-refractivity contribution >= 4 is 23.2 Å². The third-order valence-electron chi connectivity index (χ3n) is 5.76. The maximum atomic E-state index is 12.6. The van der Waals surface area contributed by atoms with Crippen LogP contribution in [0.15, 0.2) is 54.6 Å². The largest absolute Gasteiger partial charge is 0.494 e. The number of hydrogen-bond acceptors (Lipinski definition) is 4. The summed E-state index contributed by atoms with van der Waals surface area (Å²) in [6.07, 6.45) is 6.07. The highest BCUT2D eigenvalue weighted by Crippen LogP contribution is 2.14. The molecule has 0 saturated carbocycles. The molecular formula is C26H35N3O2S. The number of carbonyl (C=O) groups excluding carboxylic acids is 1. The van der Waals surface area contributed by atoms with Crippen molar-refractivity contribution in [1.82, 2.24) is 15.1 Å². The molecule has 0 atom stereocenters. The fourth-order valence-corrected chi connectivity index (χ4v) is 4.07. The summed E-state index contributed by atoms with van der Waals surface area (Å²) in [7, 11) is 0. The second-order valence-corrected chi connectivity index (χ2v) is 8.68. The van der Waals surface area contributed by atoms with Crippen molar-refractivity contribution in [2.45, 2.75) is 45.6 Å². The molecule has 5 nitrogen and oxygen atoms in total. The smallest absolute Gasteiger partial charge is 0.257 e. The standard InChI is InChI=1S/C26H35N3O2S/c1-2-3-4-5-9-20-31-24-14-12-23(13-15-24)25(30)27-26(32)29-18-16-28(17-19-29)21-22-10-7-6-8-11-22/h6-8,10-15H,2-5,9,16-21H2,1H3,(H,27,30,32). The van der Waals surface area contributed by atoms with Gasteiger partial charge in [0.1, 0.15) is 5.75 Å². The van der Waals surface area contributed by atoms with Crippen LogP contribution in [0.3, 0.4) is 0 Å². The lowest BCUT2D eigenvalue weighted by Crippen LogP contribution is -2.52. The summed E-state index contributed by atoms with van der Waals surface area (Å²) in [5, 5.41) is 3.38. The molecule has 0 aliphatic carbocycles. The van der Waals surface area contributed by atoms with Gasteiger partial charge in [0.15, 0.2) is 5.11 Å². The third kappa shape index (κ3) is 7.92. The molecule has 0 radical (unpaired) electrons. The van der Waals surface area contributed by atoms with Crippen molar-refractivity contribution < 1.29 is 9.53 Å². The Balaban J connectivity index is 1.37. The van der Waals surface area contributed by atoms with E-state index in [0.717, 1.165) is 51.5 Å². The van der Waals surface area contributed by atoms with Gasteiger partial charge < -0.3 is 9.64 Å². The molecule has 2 aromatic carbocycles. The first-order valence-corrected chi connectivity index (χ1v) is 12.2. The van der Waals surface area contributed by atoms with Crippen LogP contribution in [0.2, 0.25) is 0 Å². The Bertz CT molecular complexity index is 834. The molecule has 1 aliphatic heterocycles. The maximum absolute atomic E-state index is 12.6. The number of hydrogen-bond donors (Lipinski definition) is 1. The number of amides is 1. The Morgan fingerprint density at radius 3 is 2.31 bits per heavy atom. The summed E-state index contributed by atoms with van der Waals surface area (Å²) in [6, 6.07) is 17.8. The van der Waals surface area contributed by atoms with E-state index in [4.69, 9.17) is 17.0 Å². The number of ether oxygens (including phenoxy) is 1. The fourth-order valence-electron chi connectivity index (χ4n) is 3.80. The third-order valence-corrected chi connectivity index (χ3v) is 6.12. The van der Waals surface area contributed by atoms with Gasteiger partial charge in [-0.1, -0.05) is 62.9 Å². The Labute approximate surface area is 197 Å². The van der Waals surface area contributed by atoms with Crippen molar-refractivity contribution in [3.05, 3.63) is 65.7 Å². The van der Waals surface area contributed by atoms with Crippen LogP contribution in [0.5, 0.6) is 5.75 Å². The van der Waals surface area contributed by atoms with Crippen LogP contribution in [-0.4, -0.2) is 53.6 Å². The van der Waals surface area contributed by atoms with Gasteiger partial charge in [0.25, 0.3) is 5.91 Å². The van der Waals surface area contributed by atoms with E-state index in [1.54, 1.807) is 12.1 Å².